The Morgan fingerprint density at radius 2 is 1.78 bits per heavy atom. The zero-order valence-electron chi connectivity index (χ0n) is 16.8. The van der Waals surface area contributed by atoms with Crippen LogP contribution < -0.4 is 10.6 Å². The molecule has 5 nitrogen and oxygen atoms in total. The number of thiazole rings is 1. The number of rotatable bonds is 9. The number of benzene rings is 1. The molecule has 0 spiro atoms. The van der Waals surface area contributed by atoms with Crippen molar-refractivity contribution < 1.29 is 0 Å². The Kier molecular flexibility index (Phi) is 11.5. The maximum Gasteiger partial charge on any atom is 0.191 e. The van der Waals surface area contributed by atoms with Crippen molar-refractivity contribution in [2.75, 3.05) is 26.7 Å². The summed E-state index contributed by atoms with van der Waals surface area (Å²) < 4.78 is 0. The lowest BCUT2D eigenvalue weighted by Gasteiger charge is -2.18. The van der Waals surface area contributed by atoms with Crippen LogP contribution in [0.1, 0.15) is 34.9 Å². The minimum absolute atomic E-state index is 0. The average molecular weight is 501 g/mol. The number of guanidine groups is 1. The van der Waals surface area contributed by atoms with E-state index in [0.29, 0.717) is 0 Å². The van der Waals surface area contributed by atoms with Gasteiger partial charge in [0.15, 0.2) is 5.96 Å². The Balaban J connectivity index is 0.00000364. The molecule has 0 atom stereocenters. The molecular formula is C20H32IN5S. The third-order valence-electron chi connectivity index (χ3n) is 4.31. The summed E-state index contributed by atoms with van der Waals surface area (Å²) in [5.74, 6) is 0.825. The summed E-state index contributed by atoms with van der Waals surface area (Å²) in [5, 5.41) is 7.88. The summed E-state index contributed by atoms with van der Waals surface area (Å²) in [6.45, 7) is 11.3. The number of aliphatic imine (C=N–C) groups is 1. The molecule has 0 unspecified atom stereocenters. The number of aromatic nitrogens is 1. The molecule has 0 radical (unpaired) electrons. The fourth-order valence-corrected chi connectivity index (χ4v) is 3.47. The third-order valence-corrected chi connectivity index (χ3v) is 5.28. The molecule has 7 heteroatoms. The minimum atomic E-state index is 0. The quantitative estimate of drug-likeness (QED) is 0.312. The molecule has 0 fully saturated rings. The highest BCUT2D eigenvalue weighted by Crippen LogP contribution is 2.11. The van der Waals surface area contributed by atoms with E-state index >= 15 is 0 Å². The van der Waals surface area contributed by atoms with Crippen LogP contribution in [0.3, 0.4) is 0 Å². The van der Waals surface area contributed by atoms with Crippen molar-refractivity contribution in [3.05, 3.63) is 51.5 Å². The third kappa shape index (κ3) is 8.57. The Bertz CT molecular complexity index is 680. The van der Waals surface area contributed by atoms with Gasteiger partial charge in [-0.25, -0.2) is 4.98 Å². The van der Waals surface area contributed by atoms with Crippen LogP contribution in [0.25, 0.3) is 0 Å². The molecule has 0 bridgehead atoms. The van der Waals surface area contributed by atoms with Gasteiger partial charge in [-0.05, 0) is 31.1 Å². The zero-order chi connectivity index (χ0) is 18.8. The van der Waals surface area contributed by atoms with Crippen LogP contribution in [0, 0.1) is 6.92 Å². The minimum Gasteiger partial charge on any atom is -0.356 e. The summed E-state index contributed by atoms with van der Waals surface area (Å²) in [6.07, 6.45) is 2.84. The van der Waals surface area contributed by atoms with Crippen molar-refractivity contribution in [1.82, 2.24) is 20.5 Å². The van der Waals surface area contributed by atoms with E-state index < -0.39 is 0 Å². The number of hydrogen-bond donors (Lipinski definition) is 2. The lowest BCUT2D eigenvalue weighted by molar-refractivity contribution is 0.296. The normalized spacial score (nSPS) is 11.4. The van der Waals surface area contributed by atoms with Crippen molar-refractivity contribution >= 4 is 41.3 Å². The highest BCUT2D eigenvalue weighted by atomic mass is 127. The molecule has 1 aromatic carbocycles. The average Bonchev–Trinajstić information content (AvgIpc) is 3.08. The van der Waals surface area contributed by atoms with E-state index in [9.17, 15) is 0 Å². The van der Waals surface area contributed by atoms with Gasteiger partial charge in [0.05, 0.1) is 5.01 Å². The largest absolute Gasteiger partial charge is 0.356 e. The molecule has 27 heavy (non-hydrogen) atoms. The Labute approximate surface area is 184 Å². The fraction of sp³-hybridized carbons (Fsp3) is 0.500. The number of halogens is 1. The molecule has 0 aliphatic heterocycles. The van der Waals surface area contributed by atoms with E-state index in [2.05, 4.69) is 70.5 Å². The molecule has 0 amide bonds. The fourth-order valence-electron chi connectivity index (χ4n) is 2.68. The second kappa shape index (κ2) is 13.1. The summed E-state index contributed by atoms with van der Waals surface area (Å²) in [4.78, 5) is 12.4. The predicted octanol–water partition coefficient (Wildman–Crippen LogP) is 3.82. The van der Waals surface area contributed by atoms with Gasteiger partial charge in [-0.1, -0.05) is 38.1 Å². The molecule has 150 valence electrons. The topological polar surface area (TPSA) is 52.5 Å². The van der Waals surface area contributed by atoms with Gasteiger partial charge in [-0.3, -0.25) is 9.89 Å². The van der Waals surface area contributed by atoms with E-state index in [0.717, 1.165) is 50.1 Å². The first kappa shape index (κ1) is 23.8. The van der Waals surface area contributed by atoms with Gasteiger partial charge < -0.3 is 10.6 Å². The summed E-state index contributed by atoms with van der Waals surface area (Å²) in [7, 11) is 1.80. The van der Waals surface area contributed by atoms with Crippen LogP contribution in [0.2, 0.25) is 0 Å². The van der Waals surface area contributed by atoms with Gasteiger partial charge in [0.25, 0.3) is 0 Å². The van der Waals surface area contributed by atoms with Gasteiger partial charge >= 0.3 is 0 Å². The molecular weight excluding hydrogens is 469 g/mol. The van der Waals surface area contributed by atoms with Gasteiger partial charge in [0, 0.05) is 44.2 Å². The Morgan fingerprint density at radius 1 is 1.11 bits per heavy atom. The van der Waals surface area contributed by atoms with Crippen molar-refractivity contribution in [3.63, 3.8) is 0 Å². The smallest absolute Gasteiger partial charge is 0.191 e. The predicted molar refractivity (Wildman–Crippen MR) is 127 cm³/mol. The number of aryl methyl sites for hydroxylation is 1. The lowest BCUT2D eigenvalue weighted by atomic mass is 10.1. The molecule has 2 aromatic rings. The first-order valence-electron chi connectivity index (χ1n) is 9.30. The molecule has 1 heterocycles. The van der Waals surface area contributed by atoms with Gasteiger partial charge in [0.2, 0.25) is 0 Å². The second-order valence-corrected chi connectivity index (χ2v) is 7.56. The molecule has 0 aliphatic rings. The second-order valence-electron chi connectivity index (χ2n) is 6.25. The number of hydrogen-bond acceptors (Lipinski definition) is 4. The number of nitrogens with zero attached hydrogens (tertiary/aromatic N) is 3. The van der Waals surface area contributed by atoms with Crippen molar-refractivity contribution in [2.24, 2.45) is 4.99 Å². The van der Waals surface area contributed by atoms with Crippen LogP contribution >= 0.6 is 35.3 Å². The van der Waals surface area contributed by atoms with Crippen LogP contribution in [-0.2, 0) is 19.5 Å². The molecule has 0 aliphatic carbocycles. The SMILES string of the molecule is CCN(CC)Cc1ccc(CNC(=NC)NCCc2ncc(C)s2)cc1.I. The van der Waals surface area contributed by atoms with Crippen molar-refractivity contribution in [3.8, 4) is 0 Å². The van der Waals surface area contributed by atoms with Gasteiger partial charge in [-0.2, -0.15) is 0 Å². The highest BCUT2D eigenvalue weighted by Gasteiger charge is 2.03. The van der Waals surface area contributed by atoms with Gasteiger partial charge in [-0.15, -0.1) is 35.3 Å². The Morgan fingerprint density at radius 3 is 2.33 bits per heavy atom. The summed E-state index contributed by atoms with van der Waals surface area (Å²) >= 11 is 1.75. The van der Waals surface area contributed by atoms with Crippen LogP contribution in [0.15, 0.2) is 35.5 Å². The van der Waals surface area contributed by atoms with Crippen LogP contribution in [-0.4, -0.2) is 42.5 Å². The summed E-state index contributed by atoms with van der Waals surface area (Å²) in [5.41, 5.74) is 2.62. The lowest BCUT2D eigenvalue weighted by Crippen LogP contribution is -2.37. The van der Waals surface area contributed by atoms with Crippen molar-refractivity contribution in [1.29, 1.82) is 0 Å². The molecule has 0 saturated carbocycles. The first-order chi connectivity index (χ1) is 12.6. The Hall–Kier alpha value is -1.19. The monoisotopic (exact) mass is 501 g/mol. The first-order valence-corrected chi connectivity index (χ1v) is 10.1. The molecule has 1 aromatic heterocycles. The molecule has 2 N–H and O–H groups in total. The standard InChI is InChI=1S/C20H31N5S.HI/c1-5-25(6-2)15-18-9-7-17(8-10-18)14-24-20(21-4)22-12-11-19-23-13-16(3)26-19;/h7-10,13H,5-6,11-12,14-15H2,1-4H3,(H2,21,22,24);1H. The molecule has 2 rings (SSSR count). The van der Waals surface area contributed by atoms with E-state index in [1.54, 1.807) is 18.4 Å². The van der Waals surface area contributed by atoms with Crippen molar-refractivity contribution in [2.45, 2.75) is 40.3 Å². The number of nitrogens with one attached hydrogen (secondary N) is 2. The van der Waals surface area contributed by atoms with Crippen LogP contribution in [0.4, 0.5) is 0 Å². The van der Waals surface area contributed by atoms with E-state index in [1.807, 2.05) is 6.20 Å². The molecule has 0 saturated heterocycles. The maximum absolute atomic E-state index is 4.39. The van der Waals surface area contributed by atoms with Crippen LogP contribution in [0.5, 0.6) is 0 Å². The van der Waals surface area contributed by atoms with E-state index in [-0.39, 0.29) is 24.0 Å². The summed E-state index contributed by atoms with van der Waals surface area (Å²) in [6, 6.07) is 8.82. The van der Waals surface area contributed by atoms with Gasteiger partial charge in [0.1, 0.15) is 0 Å². The highest BCUT2D eigenvalue weighted by molar-refractivity contribution is 14.0. The zero-order valence-corrected chi connectivity index (χ0v) is 19.9. The van der Waals surface area contributed by atoms with E-state index in [4.69, 9.17) is 0 Å². The maximum atomic E-state index is 4.39. The van der Waals surface area contributed by atoms with E-state index in [1.165, 1.54) is 16.0 Å².